The maximum atomic E-state index is 11.9. The molecule has 0 radical (unpaired) electrons. The second-order valence-electron chi connectivity index (χ2n) is 4.99. The molecule has 2 aromatic rings. The first-order chi connectivity index (χ1) is 10.9. The van der Waals surface area contributed by atoms with E-state index in [0.29, 0.717) is 21.8 Å². The summed E-state index contributed by atoms with van der Waals surface area (Å²) < 4.78 is 7.08. The van der Waals surface area contributed by atoms with Crippen molar-refractivity contribution >= 4 is 61.7 Å². The third-order valence-electron chi connectivity index (χ3n) is 2.45. The van der Waals surface area contributed by atoms with Crippen LogP contribution in [-0.4, -0.2) is 28.5 Å². The summed E-state index contributed by atoms with van der Waals surface area (Å²) in [5.41, 5.74) is 0. The van der Waals surface area contributed by atoms with Crippen molar-refractivity contribution in [3.63, 3.8) is 0 Å². The van der Waals surface area contributed by atoms with Gasteiger partial charge in [-0.05, 0) is 24.1 Å². The van der Waals surface area contributed by atoms with Crippen LogP contribution in [0.5, 0.6) is 5.75 Å². The van der Waals surface area contributed by atoms with E-state index in [4.69, 9.17) is 16.3 Å². The first-order valence-corrected chi connectivity index (χ1v) is 9.75. The minimum Gasteiger partial charge on any atom is -0.482 e. The fourth-order valence-corrected chi connectivity index (χ4v) is 3.92. The van der Waals surface area contributed by atoms with Crippen LogP contribution in [0.2, 0.25) is 5.02 Å². The van der Waals surface area contributed by atoms with Crippen LogP contribution in [0, 0.1) is 5.92 Å². The lowest BCUT2D eigenvalue weighted by atomic mass is 10.3. The minimum atomic E-state index is -0.305. The maximum Gasteiger partial charge on any atom is 0.264 e. The van der Waals surface area contributed by atoms with Crippen molar-refractivity contribution in [2.75, 3.05) is 17.7 Å². The third-order valence-corrected chi connectivity index (χ3v) is 5.63. The van der Waals surface area contributed by atoms with Crippen molar-refractivity contribution in [1.29, 1.82) is 0 Å². The fourth-order valence-electron chi connectivity index (χ4n) is 1.45. The van der Waals surface area contributed by atoms with Gasteiger partial charge in [-0.15, -0.1) is 10.2 Å². The maximum absolute atomic E-state index is 11.9. The smallest absolute Gasteiger partial charge is 0.264 e. The summed E-state index contributed by atoms with van der Waals surface area (Å²) in [6.07, 6.45) is 0. The molecule has 1 amide bonds. The van der Waals surface area contributed by atoms with Crippen LogP contribution >= 0.6 is 50.6 Å². The van der Waals surface area contributed by atoms with E-state index < -0.39 is 0 Å². The molecule has 0 aliphatic carbocycles. The lowest BCUT2D eigenvalue weighted by molar-refractivity contribution is -0.118. The second kappa shape index (κ2) is 8.86. The van der Waals surface area contributed by atoms with Crippen LogP contribution in [0.25, 0.3) is 0 Å². The SMILES string of the molecule is CC(C)CSc1nnc(NC(=O)COc2ccc(Br)cc2Cl)s1. The van der Waals surface area contributed by atoms with Crippen LogP contribution in [-0.2, 0) is 4.79 Å². The molecule has 0 saturated heterocycles. The van der Waals surface area contributed by atoms with E-state index in [0.717, 1.165) is 14.6 Å². The van der Waals surface area contributed by atoms with Gasteiger partial charge in [0.15, 0.2) is 10.9 Å². The number of carbonyl (C=O) groups excluding carboxylic acids is 1. The number of carbonyl (C=O) groups is 1. The van der Waals surface area contributed by atoms with Gasteiger partial charge in [0.25, 0.3) is 5.91 Å². The molecule has 0 fully saturated rings. The van der Waals surface area contributed by atoms with Gasteiger partial charge in [-0.3, -0.25) is 10.1 Å². The highest BCUT2D eigenvalue weighted by Gasteiger charge is 2.11. The summed E-state index contributed by atoms with van der Waals surface area (Å²) in [6, 6.07) is 5.20. The number of nitrogens with one attached hydrogen (secondary N) is 1. The molecular formula is C14H15BrClN3O2S2. The lowest BCUT2D eigenvalue weighted by Gasteiger charge is -2.07. The minimum absolute atomic E-state index is 0.143. The summed E-state index contributed by atoms with van der Waals surface area (Å²) in [5.74, 6) is 1.69. The Morgan fingerprint density at radius 2 is 2.26 bits per heavy atom. The summed E-state index contributed by atoms with van der Waals surface area (Å²) in [6.45, 7) is 4.14. The van der Waals surface area contributed by atoms with Crippen LogP contribution in [0.1, 0.15) is 13.8 Å². The van der Waals surface area contributed by atoms with Crippen molar-refractivity contribution in [3.8, 4) is 5.75 Å². The molecule has 5 nitrogen and oxygen atoms in total. The van der Waals surface area contributed by atoms with E-state index in [1.807, 2.05) is 0 Å². The van der Waals surface area contributed by atoms with Crippen molar-refractivity contribution in [3.05, 3.63) is 27.7 Å². The predicted molar refractivity (Wildman–Crippen MR) is 98.7 cm³/mol. The Hall–Kier alpha value is -0.830. The van der Waals surface area contributed by atoms with Gasteiger partial charge >= 0.3 is 0 Å². The van der Waals surface area contributed by atoms with Crippen LogP contribution < -0.4 is 10.1 Å². The highest BCUT2D eigenvalue weighted by molar-refractivity contribution is 9.10. The van der Waals surface area contributed by atoms with E-state index in [9.17, 15) is 4.79 Å². The number of thioether (sulfide) groups is 1. The highest BCUT2D eigenvalue weighted by Crippen LogP contribution is 2.28. The van der Waals surface area contributed by atoms with Crippen LogP contribution in [0.3, 0.4) is 0 Å². The number of ether oxygens (including phenoxy) is 1. The van der Waals surface area contributed by atoms with Gasteiger partial charge in [-0.2, -0.15) is 0 Å². The number of hydrogen-bond acceptors (Lipinski definition) is 6. The number of benzene rings is 1. The number of halogens is 2. The Labute approximate surface area is 156 Å². The largest absolute Gasteiger partial charge is 0.482 e. The van der Waals surface area contributed by atoms with E-state index in [2.05, 4.69) is 45.3 Å². The monoisotopic (exact) mass is 435 g/mol. The first kappa shape index (κ1) is 18.5. The molecule has 0 bridgehead atoms. The van der Waals surface area contributed by atoms with Gasteiger partial charge in [0.2, 0.25) is 5.13 Å². The molecule has 1 aromatic carbocycles. The number of aromatic nitrogens is 2. The quantitative estimate of drug-likeness (QED) is 0.502. The molecule has 23 heavy (non-hydrogen) atoms. The molecule has 1 aromatic heterocycles. The van der Waals surface area contributed by atoms with Gasteiger partial charge < -0.3 is 4.74 Å². The lowest BCUT2D eigenvalue weighted by Crippen LogP contribution is -2.20. The number of amides is 1. The molecule has 124 valence electrons. The Kier molecular flexibility index (Phi) is 7.13. The molecule has 9 heteroatoms. The predicted octanol–water partition coefficient (Wildman–Crippen LogP) is 4.72. The Balaban J connectivity index is 1.82. The zero-order valence-corrected chi connectivity index (χ0v) is 16.5. The number of rotatable bonds is 7. The number of hydrogen-bond donors (Lipinski definition) is 1. The Morgan fingerprint density at radius 1 is 1.48 bits per heavy atom. The van der Waals surface area contributed by atoms with E-state index in [-0.39, 0.29) is 12.5 Å². The zero-order valence-electron chi connectivity index (χ0n) is 12.5. The standard InChI is InChI=1S/C14H15BrClN3O2S2/c1-8(2)7-22-14-19-18-13(23-14)17-12(20)6-21-11-4-3-9(15)5-10(11)16/h3-5,8H,6-7H2,1-2H3,(H,17,18,20). The molecule has 0 spiro atoms. The van der Waals surface area contributed by atoms with Crippen molar-refractivity contribution in [2.24, 2.45) is 5.92 Å². The van der Waals surface area contributed by atoms with Gasteiger partial charge in [0.1, 0.15) is 5.75 Å². The van der Waals surface area contributed by atoms with Gasteiger partial charge in [-0.25, -0.2) is 0 Å². The van der Waals surface area contributed by atoms with Gasteiger partial charge in [0, 0.05) is 10.2 Å². The van der Waals surface area contributed by atoms with Crippen molar-refractivity contribution < 1.29 is 9.53 Å². The summed E-state index contributed by atoms with van der Waals surface area (Å²) >= 11 is 12.3. The zero-order chi connectivity index (χ0) is 16.8. The molecule has 0 atom stereocenters. The second-order valence-corrected chi connectivity index (χ2v) is 8.56. The summed E-state index contributed by atoms with van der Waals surface area (Å²) in [4.78, 5) is 11.9. The van der Waals surface area contributed by atoms with Crippen molar-refractivity contribution in [2.45, 2.75) is 18.2 Å². The van der Waals surface area contributed by atoms with E-state index in [1.165, 1.54) is 11.3 Å². The molecule has 0 aliphatic rings. The average molecular weight is 437 g/mol. The average Bonchev–Trinajstić information content (AvgIpc) is 2.91. The molecule has 0 saturated carbocycles. The highest BCUT2D eigenvalue weighted by atomic mass is 79.9. The normalized spacial score (nSPS) is 10.8. The van der Waals surface area contributed by atoms with E-state index in [1.54, 1.807) is 30.0 Å². The van der Waals surface area contributed by atoms with Gasteiger partial charge in [0.05, 0.1) is 5.02 Å². The van der Waals surface area contributed by atoms with E-state index >= 15 is 0 Å². The first-order valence-electron chi connectivity index (χ1n) is 6.78. The van der Waals surface area contributed by atoms with Gasteiger partial charge in [-0.1, -0.05) is 64.5 Å². The third kappa shape index (κ3) is 6.29. The van der Waals surface area contributed by atoms with Crippen LogP contribution in [0.4, 0.5) is 5.13 Å². The Bertz CT molecular complexity index is 682. The molecule has 0 aliphatic heterocycles. The Morgan fingerprint density at radius 3 is 2.96 bits per heavy atom. The number of anilines is 1. The van der Waals surface area contributed by atoms with Crippen LogP contribution in [0.15, 0.2) is 27.0 Å². The van der Waals surface area contributed by atoms with Crippen molar-refractivity contribution in [1.82, 2.24) is 10.2 Å². The molecule has 2 rings (SSSR count). The molecule has 0 unspecified atom stereocenters. The summed E-state index contributed by atoms with van der Waals surface area (Å²) in [5, 5.41) is 11.6. The number of nitrogens with zero attached hydrogens (tertiary/aromatic N) is 2. The molecule has 1 heterocycles. The molecule has 1 N–H and O–H groups in total. The summed E-state index contributed by atoms with van der Waals surface area (Å²) in [7, 11) is 0. The molecular weight excluding hydrogens is 422 g/mol. The fraction of sp³-hybridized carbons (Fsp3) is 0.357. The topological polar surface area (TPSA) is 64.1 Å².